The number of aromatic hydroxyl groups is 1. The van der Waals surface area contributed by atoms with Crippen LogP contribution >= 0.6 is 12.6 Å². The molecule has 0 aliphatic heterocycles. The summed E-state index contributed by atoms with van der Waals surface area (Å²) in [6, 6.07) is 8.71. The molecule has 2 N–H and O–H groups in total. The third-order valence-electron chi connectivity index (χ3n) is 1.11. The number of phenolic OH excluding ortho intramolecular Hbond substituents is 1. The van der Waals surface area contributed by atoms with Crippen LogP contribution < -0.4 is 0 Å². The van der Waals surface area contributed by atoms with E-state index in [1.54, 1.807) is 24.3 Å². The van der Waals surface area contributed by atoms with Crippen LogP contribution in [0.15, 0.2) is 30.3 Å². The molecule has 1 unspecified atom stereocenters. The van der Waals surface area contributed by atoms with Gasteiger partial charge in [-0.05, 0) is 19.1 Å². The highest BCUT2D eigenvalue weighted by molar-refractivity contribution is 7.81. The molecule has 1 aromatic rings. The Hall–Kier alpha value is -1.16. The van der Waals surface area contributed by atoms with E-state index >= 15 is 0 Å². The molecule has 0 radical (unpaired) electrons. The predicted octanol–water partition coefficient (Wildman–Crippen LogP) is 1.78. The smallest absolute Gasteiger partial charge is 0.316 e. The second-order valence-corrected chi connectivity index (χ2v) is 3.12. The van der Waals surface area contributed by atoms with Crippen LogP contribution in [-0.2, 0) is 4.79 Å². The molecule has 0 amide bonds. The molecular formula is C9H12O3S. The summed E-state index contributed by atoms with van der Waals surface area (Å²) < 4.78 is 0. The molecule has 0 aliphatic carbocycles. The lowest BCUT2D eigenvalue weighted by Gasteiger charge is -1.88. The van der Waals surface area contributed by atoms with Gasteiger partial charge in [0.25, 0.3) is 0 Å². The van der Waals surface area contributed by atoms with Gasteiger partial charge in [0.1, 0.15) is 5.75 Å². The van der Waals surface area contributed by atoms with Gasteiger partial charge in [-0.2, -0.15) is 12.6 Å². The summed E-state index contributed by atoms with van der Waals surface area (Å²) in [5.74, 6) is -0.555. The first-order valence-corrected chi connectivity index (χ1v) is 4.20. The fourth-order valence-electron chi connectivity index (χ4n) is 0.428. The van der Waals surface area contributed by atoms with Gasteiger partial charge in [0.05, 0.1) is 5.25 Å². The Morgan fingerprint density at radius 2 is 1.77 bits per heavy atom. The first-order chi connectivity index (χ1) is 6.04. The minimum Gasteiger partial charge on any atom is -0.508 e. The molecule has 4 heteroatoms. The van der Waals surface area contributed by atoms with Crippen LogP contribution in [0.5, 0.6) is 5.75 Å². The van der Waals surface area contributed by atoms with Crippen LogP contribution in [0.25, 0.3) is 0 Å². The predicted molar refractivity (Wildman–Crippen MR) is 54.2 cm³/mol. The monoisotopic (exact) mass is 200 g/mol. The second-order valence-electron chi connectivity index (χ2n) is 2.35. The normalized spacial score (nSPS) is 10.9. The van der Waals surface area contributed by atoms with Crippen molar-refractivity contribution in [2.45, 2.75) is 12.2 Å². The molecule has 0 aliphatic rings. The Labute approximate surface area is 82.4 Å². The van der Waals surface area contributed by atoms with E-state index in [0.29, 0.717) is 5.75 Å². The molecule has 0 saturated carbocycles. The van der Waals surface area contributed by atoms with Gasteiger partial charge in [-0.25, -0.2) is 0 Å². The average Bonchev–Trinajstić information content (AvgIpc) is 2.06. The van der Waals surface area contributed by atoms with E-state index in [0.717, 1.165) is 0 Å². The maximum Gasteiger partial charge on any atom is 0.316 e. The summed E-state index contributed by atoms with van der Waals surface area (Å²) in [6.45, 7) is 1.51. The molecule has 13 heavy (non-hydrogen) atoms. The van der Waals surface area contributed by atoms with Crippen molar-refractivity contribution in [3.05, 3.63) is 30.3 Å². The number of carbonyl (C=O) groups is 1. The number of para-hydroxylation sites is 1. The molecule has 0 bridgehead atoms. The van der Waals surface area contributed by atoms with Crippen molar-refractivity contribution in [1.29, 1.82) is 0 Å². The van der Waals surface area contributed by atoms with Crippen molar-refractivity contribution in [2.24, 2.45) is 0 Å². The van der Waals surface area contributed by atoms with Crippen molar-refractivity contribution in [1.82, 2.24) is 0 Å². The maximum atomic E-state index is 9.62. The summed E-state index contributed by atoms with van der Waals surface area (Å²) in [6.07, 6.45) is 0. The number of carboxylic acid groups (broad SMARTS) is 1. The Bertz CT molecular complexity index is 246. The zero-order chi connectivity index (χ0) is 10.3. The lowest BCUT2D eigenvalue weighted by atomic mass is 10.3. The van der Waals surface area contributed by atoms with E-state index in [1.807, 2.05) is 6.07 Å². The van der Waals surface area contributed by atoms with Gasteiger partial charge in [-0.15, -0.1) is 0 Å². The highest BCUT2D eigenvalue weighted by Gasteiger charge is 2.00. The first-order valence-electron chi connectivity index (χ1n) is 3.69. The molecule has 72 valence electrons. The first kappa shape index (κ1) is 11.8. The van der Waals surface area contributed by atoms with Gasteiger partial charge in [0.2, 0.25) is 0 Å². The van der Waals surface area contributed by atoms with E-state index in [9.17, 15) is 4.79 Å². The quantitative estimate of drug-likeness (QED) is 0.606. The van der Waals surface area contributed by atoms with E-state index < -0.39 is 11.2 Å². The van der Waals surface area contributed by atoms with Crippen LogP contribution in [0.1, 0.15) is 6.92 Å². The number of hydrogen-bond acceptors (Lipinski definition) is 3. The molecular weight excluding hydrogens is 188 g/mol. The van der Waals surface area contributed by atoms with E-state index in [1.165, 1.54) is 6.92 Å². The molecule has 1 rings (SSSR count). The van der Waals surface area contributed by atoms with Crippen LogP contribution in [0.4, 0.5) is 0 Å². The number of phenols is 1. The summed E-state index contributed by atoms with van der Waals surface area (Å²) in [5.41, 5.74) is 0. The number of thiol groups is 1. The molecule has 0 saturated heterocycles. The van der Waals surface area contributed by atoms with Gasteiger partial charge in [-0.3, -0.25) is 4.79 Å². The van der Waals surface area contributed by atoms with Crippen LogP contribution in [0, 0.1) is 0 Å². The van der Waals surface area contributed by atoms with Crippen LogP contribution in [-0.4, -0.2) is 21.4 Å². The summed E-state index contributed by atoms with van der Waals surface area (Å²) in [7, 11) is 0. The third-order valence-corrected chi connectivity index (χ3v) is 1.33. The van der Waals surface area contributed by atoms with E-state index in [2.05, 4.69) is 12.6 Å². The molecule has 0 spiro atoms. The largest absolute Gasteiger partial charge is 0.508 e. The Morgan fingerprint density at radius 3 is 1.92 bits per heavy atom. The van der Waals surface area contributed by atoms with Gasteiger partial charge in [-0.1, -0.05) is 18.2 Å². The number of carboxylic acids is 1. The summed E-state index contributed by atoms with van der Waals surface area (Å²) >= 11 is 3.59. The highest BCUT2D eigenvalue weighted by Crippen LogP contribution is 2.02. The fourth-order valence-corrected chi connectivity index (χ4v) is 0.428. The lowest BCUT2D eigenvalue weighted by molar-refractivity contribution is -0.136. The Morgan fingerprint density at radius 1 is 1.38 bits per heavy atom. The third kappa shape index (κ3) is 7.21. The standard InChI is InChI=1S/C6H6O.C3H6O2S/c7-6-4-2-1-3-5-6;1-2(6)3(4)5/h1-5,7H;2,6H,1H3,(H,4,5). The number of hydrogen-bond donors (Lipinski definition) is 3. The van der Waals surface area contributed by atoms with Crippen LogP contribution in [0.3, 0.4) is 0 Å². The van der Waals surface area contributed by atoms with Gasteiger partial charge >= 0.3 is 5.97 Å². The molecule has 0 aromatic heterocycles. The van der Waals surface area contributed by atoms with E-state index in [-0.39, 0.29) is 0 Å². The average molecular weight is 200 g/mol. The zero-order valence-electron chi connectivity index (χ0n) is 7.21. The number of rotatable bonds is 1. The topological polar surface area (TPSA) is 57.5 Å². The van der Waals surface area contributed by atoms with Gasteiger partial charge < -0.3 is 10.2 Å². The van der Waals surface area contributed by atoms with E-state index in [4.69, 9.17) is 10.2 Å². The highest BCUT2D eigenvalue weighted by atomic mass is 32.1. The lowest BCUT2D eigenvalue weighted by Crippen LogP contribution is -2.06. The molecule has 1 atom stereocenters. The Kier molecular flexibility index (Phi) is 5.80. The van der Waals surface area contributed by atoms with Crippen molar-refractivity contribution < 1.29 is 15.0 Å². The summed E-state index contributed by atoms with van der Waals surface area (Å²) in [5, 5.41) is 16.0. The zero-order valence-corrected chi connectivity index (χ0v) is 8.11. The molecule has 0 heterocycles. The Balaban J connectivity index is 0.000000226. The molecule has 1 aromatic carbocycles. The minimum atomic E-state index is -0.877. The molecule has 0 fully saturated rings. The maximum absolute atomic E-state index is 9.62. The second kappa shape index (κ2) is 6.37. The molecule has 3 nitrogen and oxygen atoms in total. The van der Waals surface area contributed by atoms with Crippen molar-refractivity contribution >= 4 is 18.6 Å². The van der Waals surface area contributed by atoms with Gasteiger partial charge in [0, 0.05) is 0 Å². The number of benzene rings is 1. The van der Waals surface area contributed by atoms with Crippen LogP contribution in [0.2, 0.25) is 0 Å². The van der Waals surface area contributed by atoms with Crippen molar-refractivity contribution in [3.63, 3.8) is 0 Å². The van der Waals surface area contributed by atoms with Gasteiger partial charge in [0.15, 0.2) is 0 Å². The number of aliphatic carboxylic acids is 1. The minimum absolute atomic E-state index is 0.322. The van der Waals surface area contributed by atoms with Crippen molar-refractivity contribution in [3.8, 4) is 5.75 Å². The SMILES string of the molecule is CC(S)C(=O)O.Oc1ccccc1. The van der Waals surface area contributed by atoms with Crippen molar-refractivity contribution in [2.75, 3.05) is 0 Å². The summed E-state index contributed by atoms with van der Waals surface area (Å²) in [4.78, 5) is 9.62. The fraction of sp³-hybridized carbons (Fsp3) is 0.222.